The normalized spacial score (nSPS) is 9.73. The Bertz CT molecular complexity index is 658. The van der Waals surface area contributed by atoms with Crippen LogP contribution in [-0.4, -0.2) is 0 Å². The van der Waals surface area contributed by atoms with E-state index in [0.29, 0.717) is 6.08 Å². The molecule has 0 spiro atoms. The summed E-state index contributed by atoms with van der Waals surface area (Å²) in [5.74, 6) is -9.83. The van der Waals surface area contributed by atoms with Crippen LogP contribution in [-0.2, 0) is 0 Å². The second-order valence-electron chi connectivity index (χ2n) is 4.30. The van der Waals surface area contributed by atoms with Crippen molar-refractivity contribution in [3.63, 3.8) is 0 Å². The Labute approximate surface area is 125 Å². The number of hydrogen-bond donors (Lipinski definition) is 0. The van der Waals surface area contributed by atoms with Crippen LogP contribution >= 0.6 is 0 Å². The first-order valence-electron chi connectivity index (χ1n) is 6.16. The Morgan fingerprint density at radius 2 is 1.09 bits per heavy atom. The maximum Gasteiger partial charge on any atom is 0.200 e. The summed E-state index contributed by atoms with van der Waals surface area (Å²) >= 11 is 0. The molecule has 0 amide bonds. The summed E-state index contributed by atoms with van der Waals surface area (Å²) in [7, 11) is 0. The van der Waals surface area contributed by atoms with E-state index in [1.807, 2.05) is 6.08 Å². The van der Waals surface area contributed by atoms with Crippen molar-refractivity contribution in [3.05, 3.63) is 83.2 Å². The predicted molar refractivity (Wildman–Crippen MR) is 77.6 cm³/mol. The van der Waals surface area contributed by atoms with Crippen LogP contribution in [0.4, 0.5) is 22.0 Å². The van der Waals surface area contributed by atoms with Gasteiger partial charge >= 0.3 is 0 Å². The van der Waals surface area contributed by atoms with Crippen LogP contribution in [0.1, 0.15) is 16.7 Å². The van der Waals surface area contributed by atoms with Gasteiger partial charge in [-0.25, -0.2) is 22.0 Å². The third-order valence-electron chi connectivity index (χ3n) is 2.76. The highest BCUT2D eigenvalue weighted by Gasteiger charge is 2.23. The third-order valence-corrected chi connectivity index (χ3v) is 2.76. The van der Waals surface area contributed by atoms with Crippen LogP contribution in [0.25, 0.3) is 12.2 Å². The second kappa shape index (κ2) is 7.54. The Kier molecular flexibility index (Phi) is 6.04. The van der Waals surface area contributed by atoms with E-state index in [-0.39, 0.29) is 0 Å². The van der Waals surface area contributed by atoms with Gasteiger partial charge in [0.1, 0.15) is 0 Å². The zero-order chi connectivity index (χ0) is 16.9. The molecule has 22 heavy (non-hydrogen) atoms. The summed E-state index contributed by atoms with van der Waals surface area (Å²) in [5, 5.41) is 0. The summed E-state index contributed by atoms with van der Waals surface area (Å²) < 4.78 is 62.4. The summed E-state index contributed by atoms with van der Waals surface area (Å²) in [6, 6.07) is 8.28. The molecule has 2 aromatic carbocycles. The van der Waals surface area contributed by atoms with Crippen LogP contribution in [0.3, 0.4) is 0 Å². The van der Waals surface area contributed by atoms with Gasteiger partial charge in [-0.2, -0.15) is 0 Å². The SMILES string of the molecule is C=Cc1c(F)c(F)c(F)c(F)c1F.C=Cc1ccc(C)cc1. The van der Waals surface area contributed by atoms with Crippen LogP contribution < -0.4 is 0 Å². The molecule has 0 aliphatic carbocycles. The van der Waals surface area contributed by atoms with Gasteiger partial charge in [0.25, 0.3) is 0 Å². The molecular weight excluding hydrogens is 299 g/mol. The second-order valence-corrected chi connectivity index (χ2v) is 4.30. The van der Waals surface area contributed by atoms with Gasteiger partial charge in [-0.05, 0) is 12.5 Å². The Morgan fingerprint density at radius 3 is 1.45 bits per heavy atom. The summed E-state index contributed by atoms with van der Waals surface area (Å²) in [6.45, 7) is 8.67. The molecular formula is C17H13F5. The van der Waals surface area contributed by atoms with Crippen molar-refractivity contribution in [1.29, 1.82) is 0 Å². The first-order chi connectivity index (χ1) is 10.3. The fourth-order valence-electron chi connectivity index (χ4n) is 1.50. The molecule has 5 heteroatoms. The molecule has 0 N–H and O–H groups in total. The highest BCUT2D eigenvalue weighted by atomic mass is 19.2. The monoisotopic (exact) mass is 312 g/mol. The van der Waals surface area contributed by atoms with E-state index >= 15 is 0 Å². The lowest BCUT2D eigenvalue weighted by Gasteiger charge is -2.02. The zero-order valence-electron chi connectivity index (χ0n) is 11.8. The average Bonchev–Trinajstić information content (AvgIpc) is 2.53. The molecule has 0 aliphatic rings. The maximum absolute atomic E-state index is 12.6. The molecule has 116 valence electrons. The molecule has 0 fully saturated rings. The van der Waals surface area contributed by atoms with E-state index < -0.39 is 34.6 Å². The minimum absolute atomic E-state index is 0.566. The first kappa shape index (κ1) is 17.6. The molecule has 0 bridgehead atoms. The van der Waals surface area contributed by atoms with Gasteiger partial charge in [-0.15, -0.1) is 0 Å². The quantitative estimate of drug-likeness (QED) is 0.381. The predicted octanol–water partition coefficient (Wildman–Crippen LogP) is 5.66. The average molecular weight is 312 g/mol. The molecule has 0 atom stereocenters. The fraction of sp³-hybridized carbons (Fsp3) is 0.0588. The number of halogens is 5. The van der Waals surface area contributed by atoms with Crippen LogP contribution in [0.15, 0.2) is 37.4 Å². The molecule has 2 rings (SSSR count). The van der Waals surface area contributed by atoms with Gasteiger partial charge in [-0.3, -0.25) is 0 Å². The Balaban J connectivity index is 0.000000235. The lowest BCUT2D eigenvalue weighted by atomic mass is 10.1. The van der Waals surface area contributed by atoms with Crippen molar-refractivity contribution in [2.75, 3.05) is 0 Å². The summed E-state index contributed by atoms with van der Waals surface area (Å²) in [6.07, 6.45) is 2.41. The van der Waals surface area contributed by atoms with Crippen LogP contribution in [0, 0.1) is 36.0 Å². The lowest BCUT2D eigenvalue weighted by Crippen LogP contribution is -2.03. The number of hydrogen-bond acceptors (Lipinski definition) is 0. The van der Waals surface area contributed by atoms with E-state index in [4.69, 9.17) is 0 Å². The molecule has 2 aromatic rings. The first-order valence-corrected chi connectivity index (χ1v) is 6.16. The highest BCUT2D eigenvalue weighted by Crippen LogP contribution is 2.23. The minimum atomic E-state index is -2.17. The van der Waals surface area contributed by atoms with Gasteiger partial charge in [0.2, 0.25) is 5.82 Å². The Morgan fingerprint density at radius 1 is 0.682 bits per heavy atom. The molecule has 0 saturated heterocycles. The largest absolute Gasteiger partial charge is 0.203 e. The molecule has 0 aliphatic heterocycles. The van der Waals surface area contributed by atoms with Crippen molar-refractivity contribution in [2.24, 2.45) is 0 Å². The van der Waals surface area contributed by atoms with Crippen molar-refractivity contribution in [2.45, 2.75) is 6.92 Å². The highest BCUT2D eigenvalue weighted by molar-refractivity contribution is 5.49. The van der Waals surface area contributed by atoms with Crippen molar-refractivity contribution in [1.82, 2.24) is 0 Å². The maximum atomic E-state index is 12.6. The van der Waals surface area contributed by atoms with E-state index in [0.717, 1.165) is 0 Å². The van der Waals surface area contributed by atoms with E-state index in [9.17, 15) is 22.0 Å². The molecule has 0 radical (unpaired) electrons. The van der Waals surface area contributed by atoms with Crippen molar-refractivity contribution < 1.29 is 22.0 Å². The van der Waals surface area contributed by atoms with Crippen LogP contribution in [0.2, 0.25) is 0 Å². The van der Waals surface area contributed by atoms with Crippen LogP contribution in [0.5, 0.6) is 0 Å². The van der Waals surface area contributed by atoms with Gasteiger partial charge in [0.05, 0.1) is 5.56 Å². The van der Waals surface area contributed by atoms with E-state index in [2.05, 4.69) is 44.3 Å². The summed E-state index contributed by atoms with van der Waals surface area (Å²) in [4.78, 5) is 0. The minimum Gasteiger partial charge on any atom is -0.203 e. The van der Waals surface area contributed by atoms with Gasteiger partial charge in [0.15, 0.2) is 23.3 Å². The van der Waals surface area contributed by atoms with Gasteiger partial charge in [-0.1, -0.05) is 55.1 Å². The molecule has 0 heterocycles. The van der Waals surface area contributed by atoms with Crippen molar-refractivity contribution >= 4 is 12.2 Å². The molecule has 0 aromatic heterocycles. The van der Waals surface area contributed by atoms with E-state index in [1.165, 1.54) is 11.1 Å². The standard InChI is InChI=1S/C9H10.C8H3F5/c1-3-9-6-4-8(2)5-7-9;1-2-3-4(9)6(11)8(13)7(12)5(3)10/h3-7H,1H2,2H3;2H,1H2. The molecule has 0 unspecified atom stereocenters. The lowest BCUT2D eigenvalue weighted by molar-refractivity contribution is 0.377. The number of rotatable bonds is 2. The topological polar surface area (TPSA) is 0 Å². The Hall–Kier alpha value is -2.43. The fourth-order valence-corrected chi connectivity index (χ4v) is 1.50. The molecule has 0 saturated carbocycles. The smallest absolute Gasteiger partial charge is 0.200 e. The summed E-state index contributed by atoms with van der Waals surface area (Å²) in [5.41, 5.74) is 1.46. The zero-order valence-corrected chi connectivity index (χ0v) is 11.8. The number of aryl methyl sites for hydroxylation is 1. The van der Waals surface area contributed by atoms with Crippen molar-refractivity contribution in [3.8, 4) is 0 Å². The third kappa shape index (κ3) is 3.81. The van der Waals surface area contributed by atoms with Gasteiger partial charge in [0, 0.05) is 0 Å². The van der Waals surface area contributed by atoms with E-state index in [1.54, 1.807) is 0 Å². The number of benzene rings is 2. The molecule has 0 nitrogen and oxygen atoms in total. The van der Waals surface area contributed by atoms with Gasteiger partial charge < -0.3 is 0 Å².